The van der Waals surface area contributed by atoms with E-state index in [1.807, 2.05) is 13.8 Å². The average molecular weight is 402 g/mol. The molecule has 0 aliphatic heterocycles. The normalized spacial score (nSPS) is 10.8. The fraction of sp³-hybridized carbons (Fsp3) is 0.238. The summed E-state index contributed by atoms with van der Waals surface area (Å²) >= 11 is 0. The Bertz CT molecular complexity index is 934. The first-order valence-electron chi connectivity index (χ1n) is 8.89. The zero-order chi connectivity index (χ0) is 20.8. The highest BCUT2D eigenvalue weighted by Crippen LogP contribution is 2.18. The molecule has 152 valence electrons. The van der Waals surface area contributed by atoms with Crippen LogP contribution in [0.2, 0.25) is 0 Å². The van der Waals surface area contributed by atoms with E-state index in [4.69, 9.17) is 9.26 Å². The highest BCUT2D eigenvalue weighted by Gasteiger charge is 2.10. The number of carbonyl (C=O) groups is 1. The number of aromatic nitrogens is 1. The van der Waals surface area contributed by atoms with Crippen molar-refractivity contribution < 1.29 is 27.6 Å². The van der Waals surface area contributed by atoms with Crippen LogP contribution in [0.5, 0.6) is 11.5 Å². The lowest BCUT2D eigenvalue weighted by Crippen LogP contribution is -2.22. The molecule has 0 radical (unpaired) electrons. The molecule has 29 heavy (non-hydrogen) atoms. The minimum absolute atomic E-state index is 0.0715. The smallest absolute Gasteiger partial charge is 0.387 e. The maximum absolute atomic E-state index is 12.3. The number of hydrogen-bond donors (Lipinski definition) is 1. The third kappa shape index (κ3) is 5.54. The molecule has 6 nitrogen and oxygen atoms in total. The van der Waals surface area contributed by atoms with Crippen molar-refractivity contribution in [2.45, 2.75) is 33.6 Å². The van der Waals surface area contributed by atoms with Gasteiger partial charge in [-0.3, -0.25) is 4.79 Å². The van der Waals surface area contributed by atoms with E-state index in [0.717, 1.165) is 16.8 Å². The zero-order valence-corrected chi connectivity index (χ0v) is 15.9. The van der Waals surface area contributed by atoms with E-state index in [-0.39, 0.29) is 18.2 Å². The molecule has 1 amide bonds. The fourth-order valence-corrected chi connectivity index (χ4v) is 2.64. The van der Waals surface area contributed by atoms with Crippen molar-refractivity contribution in [1.29, 1.82) is 0 Å². The van der Waals surface area contributed by atoms with E-state index in [0.29, 0.717) is 23.7 Å². The molecule has 1 heterocycles. The van der Waals surface area contributed by atoms with Crippen molar-refractivity contribution in [2.75, 3.05) is 0 Å². The van der Waals surface area contributed by atoms with Gasteiger partial charge >= 0.3 is 6.61 Å². The van der Waals surface area contributed by atoms with E-state index in [9.17, 15) is 13.6 Å². The second kappa shape index (κ2) is 9.18. The Hall–Kier alpha value is -3.42. The number of benzene rings is 2. The van der Waals surface area contributed by atoms with Crippen LogP contribution in [0.25, 0.3) is 0 Å². The fourth-order valence-electron chi connectivity index (χ4n) is 2.64. The van der Waals surface area contributed by atoms with Crippen molar-refractivity contribution in [2.24, 2.45) is 0 Å². The Morgan fingerprint density at radius 1 is 1.07 bits per heavy atom. The lowest BCUT2D eigenvalue weighted by atomic mass is 10.2. The number of amides is 1. The molecule has 8 heteroatoms. The number of carbonyl (C=O) groups excluding carboxylic acids is 1. The third-order valence-electron chi connectivity index (χ3n) is 4.28. The van der Waals surface area contributed by atoms with E-state index in [2.05, 4.69) is 15.2 Å². The van der Waals surface area contributed by atoms with E-state index < -0.39 is 6.61 Å². The number of halogens is 2. The Morgan fingerprint density at radius 2 is 1.72 bits per heavy atom. The highest BCUT2D eigenvalue weighted by molar-refractivity contribution is 5.94. The topological polar surface area (TPSA) is 73.6 Å². The lowest BCUT2D eigenvalue weighted by molar-refractivity contribution is -0.0498. The van der Waals surface area contributed by atoms with Gasteiger partial charge in [-0.25, -0.2) is 0 Å². The van der Waals surface area contributed by atoms with E-state index in [1.54, 1.807) is 36.4 Å². The number of nitrogens with zero attached hydrogens (tertiary/aromatic N) is 1. The third-order valence-corrected chi connectivity index (χ3v) is 4.28. The van der Waals surface area contributed by atoms with Gasteiger partial charge in [0.05, 0.1) is 11.3 Å². The molecule has 0 bridgehead atoms. The predicted octanol–water partition coefficient (Wildman–Crippen LogP) is 4.40. The van der Waals surface area contributed by atoms with Gasteiger partial charge < -0.3 is 19.3 Å². The summed E-state index contributed by atoms with van der Waals surface area (Å²) in [4.78, 5) is 12.3. The number of hydrogen-bond acceptors (Lipinski definition) is 5. The van der Waals surface area contributed by atoms with Crippen LogP contribution in [0.1, 0.15) is 32.9 Å². The molecule has 3 aromatic rings. The summed E-state index contributed by atoms with van der Waals surface area (Å²) in [5.41, 5.74) is 2.93. The van der Waals surface area contributed by atoms with Crippen molar-refractivity contribution in [3.63, 3.8) is 0 Å². The Labute approximate surface area is 166 Å². The number of rotatable bonds is 8. The second-order valence-electron chi connectivity index (χ2n) is 6.32. The number of ether oxygens (including phenoxy) is 2. The molecular weight excluding hydrogens is 382 g/mol. The number of aryl methyl sites for hydroxylation is 2. The minimum Gasteiger partial charge on any atom is -0.489 e. The predicted molar refractivity (Wildman–Crippen MR) is 101 cm³/mol. The van der Waals surface area contributed by atoms with Crippen molar-refractivity contribution in [3.8, 4) is 11.5 Å². The highest BCUT2D eigenvalue weighted by atomic mass is 19.3. The van der Waals surface area contributed by atoms with Crippen molar-refractivity contribution in [1.82, 2.24) is 10.5 Å². The van der Waals surface area contributed by atoms with Crippen LogP contribution in [0.3, 0.4) is 0 Å². The minimum atomic E-state index is -2.86. The summed E-state index contributed by atoms with van der Waals surface area (Å²) in [7, 11) is 0. The Balaban J connectivity index is 1.51. The van der Waals surface area contributed by atoms with Gasteiger partial charge in [0.2, 0.25) is 0 Å². The van der Waals surface area contributed by atoms with Gasteiger partial charge in [0.1, 0.15) is 23.9 Å². The van der Waals surface area contributed by atoms with Gasteiger partial charge in [0, 0.05) is 12.1 Å². The first-order valence-corrected chi connectivity index (χ1v) is 8.89. The number of nitrogens with one attached hydrogen (secondary N) is 1. The molecule has 0 fully saturated rings. The molecule has 2 aromatic carbocycles. The Kier molecular flexibility index (Phi) is 6.43. The standard InChI is InChI=1S/C21H20F2N2O4/c1-13-19(14(2)29-25-13)12-27-17-9-5-16(6-10-17)20(26)24-11-15-3-7-18(8-4-15)28-21(22)23/h3-10,21H,11-12H2,1-2H3,(H,24,26). The second-order valence-corrected chi connectivity index (χ2v) is 6.32. The van der Waals surface area contributed by atoms with Gasteiger partial charge in [0.25, 0.3) is 5.91 Å². The molecule has 0 saturated heterocycles. The van der Waals surface area contributed by atoms with E-state index in [1.165, 1.54) is 12.1 Å². The summed E-state index contributed by atoms with van der Waals surface area (Å²) in [5.74, 6) is 1.15. The summed E-state index contributed by atoms with van der Waals surface area (Å²) in [6.07, 6.45) is 0. The van der Waals surface area contributed by atoms with Gasteiger partial charge in [-0.1, -0.05) is 17.3 Å². The summed E-state index contributed by atoms with van der Waals surface area (Å²) in [6.45, 7) is 1.40. The van der Waals surface area contributed by atoms with Gasteiger partial charge in [-0.15, -0.1) is 0 Å². The molecule has 0 saturated carbocycles. The first kappa shape index (κ1) is 20.3. The number of alkyl halides is 2. The maximum atomic E-state index is 12.3. The quantitative estimate of drug-likeness (QED) is 0.605. The van der Waals surface area contributed by atoms with Crippen LogP contribution < -0.4 is 14.8 Å². The molecule has 0 spiro atoms. The molecule has 3 rings (SSSR count). The molecule has 0 aliphatic carbocycles. The van der Waals surface area contributed by atoms with Gasteiger partial charge in [0.15, 0.2) is 0 Å². The zero-order valence-electron chi connectivity index (χ0n) is 15.9. The van der Waals surface area contributed by atoms with Crippen molar-refractivity contribution >= 4 is 5.91 Å². The molecular formula is C21H20F2N2O4. The van der Waals surface area contributed by atoms with Crippen LogP contribution in [-0.2, 0) is 13.2 Å². The van der Waals surface area contributed by atoms with Crippen LogP contribution in [0, 0.1) is 13.8 Å². The summed E-state index contributed by atoms with van der Waals surface area (Å²) in [5, 5.41) is 6.66. The summed E-state index contributed by atoms with van der Waals surface area (Å²) in [6, 6.07) is 12.8. The van der Waals surface area contributed by atoms with E-state index >= 15 is 0 Å². The monoisotopic (exact) mass is 402 g/mol. The average Bonchev–Trinajstić information content (AvgIpc) is 3.03. The SMILES string of the molecule is Cc1noc(C)c1COc1ccc(C(=O)NCc2ccc(OC(F)F)cc2)cc1. The summed E-state index contributed by atoms with van der Waals surface area (Å²) < 4.78 is 39.4. The lowest BCUT2D eigenvalue weighted by Gasteiger charge is -2.09. The van der Waals surface area contributed by atoms with Crippen LogP contribution in [0.4, 0.5) is 8.78 Å². The van der Waals surface area contributed by atoms with Crippen LogP contribution in [-0.4, -0.2) is 17.7 Å². The maximum Gasteiger partial charge on any atom is 0.387 e. The molecule has 0 aliphatic rings. The molecule has 1 N–H and O–H groups in total. The molecule has 1 aromatic heterocycles. The van der Waals surface area contributed by atoms with Gasteiger partial charge in [-0.05, 0) is 55.8 Å². The van der Waals surface area contributed by atoms with Crippen molar-refractivity contribution in [3.05, 3.63) is 76.7 Å². The largest absolute Gasteiger partial charge is 0.489 e. The Morgan fingerprint density at radius 3 is 2.31 bits per heavy atom. The first-order chi connectivity index (χ1) is 13.9. The van der Waals surface area contributed by atoms with Crippen LogP contribution >= 0.6 is 0 Å². The van der Waals surface area contributed by atoms with Crippen LogP contribution in [0.15, 0.2) is 53.1 Å². The van der Waals surface area contributed by atoms with Gasteiger partial charge in [-0.2, -0.15) is 8.78 Å². The molecule has 0 unspecified atom stereocenters. The molecule has 0 atom stereocenters.